The van der Waals surface area contributed by atoms with Crippen LogP contribution in [0.3, 0.4) is 0 Å². The molecule has 0 fully saturated rings. The zero-order valence-electron chi connectivity index (χ0n) is 6.72. The van der Waals surface area contributed by atoms with Crippen molar-refractivity contribution in [3.63, 3.8) is 0 Å². The number of rotatable bonds is 1. The fourth-order valence-corrected chi connectivity index (χ4v) is 1.22. The van der Waals surface area contributed by atoms with Crippen molar-refractivity contribution in [3.8, 4) is 11.1 Å². The molecule has 0 spiro atoms. The zero-order chi connectivity index (χ0) is 9.26. The third kappa shape index (κ3) is 1.45. The van der Waals surface area contributed by atoms with Crippen LogP contribution < -0.4 is 0 Å². The van der Waals surface area contributed by atoms with Gasteiger partial charge >= 0.3 is 0 Å². The molecule has 1 N–H and O–H groups in total. The molecule has 1 aromatic carbocycles. The third-order valence-electron chi connectivity index (χ3n) is 1.84. The third-order valence-corrected chi connectivity index (χ3v) is 1.84. The van der Waals surface area contributed by atoms with Gasteiger partial charge in [0.05, 0.1) is 0 Å². The van der Waals surface area contributed by atoms with Gasteiger partial charge < -0.3 is 4.98 Å². The zero-order valence-corrected chi connectivity index (χ0v) is 6.72. The quantitative estimate of drug-likeness (QED) is 0.692. The van der Waals surface area contributed by atoms with E-state index in [2.05, 4.69) is 4.98 Å². The van der Waals surface area contributed by atoms with Gasteiger partial charge in [-0.2, -0.15) is 0 Å². The number of halogens is 2. The predicted octanol–water partition coefficient (Wildman–Crippen LogP) is 2.96. The first-order chi connectivity index (χ1) is 6.27. The average molecular weight is 179 g/mol. The Morgan fingerprint density at radius 2 is 1.92 bits per heavy atom. The molecule has 0 amide bonds. The van der Waals surface area contributed by atoms with Crippen LogP contribution >= 0.6 is 0 Å². The Kier molecular flexibility index (Phi) is 1.85. The van der Waals surface area contributed by atoms with Gasteiger partial charge in [-0.1, -0.05) is 0 Å². The van der Waals surface area contributed by atoms with E-state index in [0.29, 0.717) is 5.56 Å². The minimum Gasteiger partial charge on any atom is -0.367 e. The summed E-state index contributed by atoms with van der Waals surface area (Å²) in [6, 6.07) is 5.28. The summed E-state index contributed by atoms with van der Waals surface area (Å²) in [5.74, 6) is -1.10. The normalized spacial score (nSPS) is 10.3. The lowest BCUT2D eigenvalue weighted by Gasteiger charge is -1.99. The molecule has 0 radical (unpaired) electrons. The molecule has 2 aromatic rings. The molecule has 1 aromatic heterocycles. The first-order valence-corrected chi connectivity index (χ1v) is 3.85. The van der Waals surface area contributed by atoms with E-state index in [4.69, 9.17) is 0 Å². The SMILES string of the molecule is Fc1ccc(-c2cc[nH]c2)c(F)c1. The van der Waals surface area contributed by atoms with Gasteiger partial charge in [-0.15, -0.1) is 0 Å². The highest BCUT2D eigenvalue weighted by Gasteiger charge is 2.05. The Morgan fingerprint density at radius 3 is 2.54 bits per heavy atom. The molecular formula is C10H7F2N. The van der Waals surface area contributed by atoms with E-state index >= 15 is 0 Å². The molecule has 66 valence electrons. The Balaban J connectivity index is 2.53. The van der Waals surface area contributed by atoms with Crippen molar-refractivity contribution in [3.05, 3.63) is 48.3 Å². The lowest BCUT2D eigenvalue weighted by molar-refractivity contribution is 0.585. The second-order valence-corrected chi connectivity index (χ2v) is 2.72. The second-order valence-electron chi connectivity index (χ2n) is 2.72. The van der Waals surface area contributed by atoms with Crippen LogP contribution in [0.15, 0.2) is 36.7 Å². The van der Waals surface area contributed by atoms with E-state index in [1.54, 1.807) is 18.5 Å². The summed E-state index contributed by atoms with van der Waals surface area (Å²) in [5, 5.41) is 0. The van der Waals surface area contributed by atoms with Crippen molar-refractivity contribution in [1.29, 1.82) is 0 Å². The monoisotopic (exact) mass is 179 g/mol. The molecule has 1 heterocycles. The van der Waals surface area contributed by atoms with Gasteiger partial charge in [-0.3, -0.25) is 0 Å². The largest absolute Gasteiger partial charge is 0.367 e. The number of H-pyrrole nitrogens is 1. The highest BCUT2D eigenvalue weighted by Crippen LogP contribution is 2.22. The maximum Gasteiger partial charge on any atom is 0.133 e. The van der Waals surface area contributed by atoms with Crippen LogP contribution in [-0.4, -0.2) is 4.98 Å². The summed E-state index contributed by atoms with van der Waals surface area (Å²) in [7, 11) is 0. The molecule has 0 atom stereocenters. The molecule has 0 saturated carbocycles. The van der Waals surface area contributed by atoms with Gasteiger partial charge in [-0.05, 0) is 18.2 Å². The minimum absolute atomic E-state index is 0.405. The van der Waals surface area contributed by atoms with Crippen LogP contribution in [0.5, 0.6) is 0 Å². The maximum absolute atomic E-state index is 13.2. The molecule has 0 aliphatic rings. The molecule has 13 heavy (non-hydrogen) atoms. The fraction of sp³-hybridized carbons (Fsp3) is 0. The van der Waals surface area contributed by atoms with Crippen LogP contribution in [0.2, 0.25) is 0 Å². The van der Waals surface area contributed by atoms with E-state index in [1.165, 1.54) is 12.1 Å². The molecule has 0 saturated heterocycles. The Morgan fingerprint density at radius 1 is 1.08 bits per heavy atom. The summed E-state index contributed by atoms with van der Waals surface area (Å²) in [4.78, 5) is 2.81. The number of hydrogen-bond donors (Lipinski definition) is 1. The van der Waals surface area contributed by atoms with E-state index in [9.17, 15) is 8.78 Å². The van der Waals surface area contributed by atoms with Crippen molar-refractivity contribution in [1.82, 2.24) is 4.98 Å². The van der Waals surface area contributed by atoms with Gasteiger partial charge in [-0.25, -0.2) is 8.78 Å². The average Bonchev–Trinajstić information content (AvgIpc) is 2.56. The van der Waals surface area contributed by atoms with Crippen molar-refractivity contribution < 1.29 is 8.78 Å². The van der Waals surface area contributed by atoms with E-state index < -0.39 is 11.6 Å². The van der Waals surface area contributed by atoms with Gasteiger partial charge in [0, 0.05) is 29.6 Å². The minimum atomic E-state index is -0.559. The predicted molar refractivity (Wildman–Crippen MR) is 46.1 cm³/mol. The van der Waals surface area contributed by atoms with E-state index in [1.807, 2.05) is 0 Å². The summed E-state index contributed by atoms with van der Waals surface area (Å²) < 4.78 is 25.7. The number of aromatic nitrogens is 1. The topological polar surface area (TPSA) is 15.8 Å². The standard InChI is InChI=1S/C10H7F2N/c11-8-1-2-9(10(12)5-8)7-3-4-13-6-7/h1-6,13H. The van der Waals surface area contributed by atoms with E-state index in [0.717, 1.165) is 11.6 Å². The lowest BCUT2D eigenvalue weighted by Crippen LogP contribution is -1.83. The van der Waals surface area contributed by atoms with Gasteiger partial charge in [0.25, 0.3) is 0 Å². The smallest absolute Gasteiger partial charge is 0.133 e. The molecule has 0 aliphatic carbocycles. The van der Waals surface area contributed by atoms with Crippen molar-refractivity contribution in [2.75, 3.05) is 0 Å². The summed E-state index contributed by atoms with van der Waals surface area (Å²) in [6.45, 7) is 0. The number of nitrogens with one attached hydrogen (secondary N) is 1. The molecule has 0 bridgehead atoms. The van der Waals surface area contributed by atoms with E-state index in [-0.39, 0.29) is 0 Å². The molecule has 0 unspecified atom stereocenters. The second kappa shape index (κ2) is 3.01. The van der Waals surface area contributed by atoms with Crippen molar-refractivity contribution in [2.45, 2.75) is 0 Å². The maximum atomic E-state index is 13.2. The first kappa shape index (κ1) is 7.98. The van der Waals surface area contributed by atoms with Crippen molar-refractivity contribution >= 4 is 0 Å². The van der Waals surface area contributed by atoms with Crippen LogP contribution in [0.1, 0.15) is 0 Å². The lowest BCUT2D eigenvalue weighted by atomic mass is 10.1. The summed E-state index contributed by atoms with van der Waals surface area (Å²) >= 11 is 0. The molecule has 0 aliphatic heterocycles. The number of benzene rings is 1. The number of aromatic amines is 1. The van der Waals surface area contributed by atoms with Crippen LogP contribution in [0, 0.1) is 11.6 Å². The number of hydrogen-bond acceptors (Lipinski definition) is 0. The summed E-state index contributed by atoms with van der Waals surface area (Å²) in [5.41, 5.74) is 1.13. The summed E-state index contributed by atoms with van der Waals surface area (Å²) in [6.07, 6.45) is 3.36. The molecular weight excluding hydrogens is 172 g/mol. The van der Waals surface area contributed by atoms with Gasteiger partial charge in [0.15, 0.2) is 0 Å². The fourth-order valence-electron chi connectivity index (χ4n) is 1.22. The van der Waals surface area contributed by atoms with Gasteiger partial charge in [0.1, 0.15) is 11.6 Å². The first-order valence-electron chi connectivity index (χ1n) is 3.85. The highest BCUT2D eigenvalue weighted by molar-refractivity contribution is 5.63. The Bertz CT molecular complexity index is 407. The van der Waals surface area contributed by atoms with Crippen LogP contribution in [-0.2, 0) is 0 Å². The van der Waals surface area contributed by atoms with Crippen LogP contribution in [0.4, 0.5) is 8.78 Å². The Hall–Kier alpha value is -1.64. The Labute approximate surface area is 74.0 Å². The highest BCUT2D eigenvalue weighted by atomic mass is 19.1. The molecule has 3 heteroatoms. The molecule has 1 nitrogen and oxygen atoms in total. The van der Waals surface area contributed by atoms with Crippen molar-refractivity contribution in [2.24, 2.45) is 0 Å². The van der Waals surface area contributed by atoms with Crippen LogP contribution in [0.25, 0.3) is 11.1 Å². The van der Waals surface area contributed by atoms with Gasteiger partial charge in [0.2, 0.25) is 0 Å². The molecule has 2 rings (SSSR count).